The van der Waals surface area contributed by atoms with E-state index in [0.717, 1.165) is 12.1 Å². The lowest BCUT2D eigenvalue weighted by Crippen LogP contribution is -2.56. The summed E-state index contributed by atoms with van der Waals surface area (Å²) in [6.07, 6.45) is 2.16. The van der Waals surface area contributed by atoms with Crippen LogP contribution in [0.3, 0.4) is 0 Å². The van der Waals surface area contributed by atoms with Gasteiger partial charge in [-0.1, -0.05) is 29.5 Å². The number of hydrogen-bond acceptors (Lipinski definition) is 16. The number of carbonyl (C=O) groups excluding carboxylic acids is 1. The fourth-order valence-electron chi connectivity index (χ4n) is 6.22. The number of nitrogens with one attached hydrogen (secondary N) is 1. The standard InChI is InChI=1S/C37H35F2N13O5/c1-37(2,3)57-36(53)51(18-21-10-6-5-9-20(21)17-49-32-30(46-47-49)28(42-34(40)44-32)26-11-7-13-55-26)52-31-29(27-12-8-14-56-27)43-35(41)45-33(31)50(48-52)19-23-24(38)15-22(54-4)16-25(23)39/h5-16,48H,17-19H2,1-4H3,(H2,40,42,44)(H2,41,43,45). The van der Waals surface area contributed by atoms with Crippen LogP contribution in [-0.4, -0.2) is 58.7 Å². The molecule has 8 rings (SSSR count). The smallest absolute Gasteiger partial charge is 0.430 e. The van der Waals surface area contributed by atoms with Crippen molar-refractivity contribution < 1.29 is 31.9 Å². The SMILES string of the molecule is COc1cc(F)c(CN2NN(N(Cc3ccccc3Cn3nnc4c(-c5ccco5)nc(N)nc43)C(=O)OC(C)(C)C)c3c(-c4ccco4)nc(N)nc32)c(F)c1. The zero-order valence-corrected chi connectivity index (χ0v) is 31.0. The van der Waals surface area contributed by atoms with Crippen LogP contribution < -0.4 is 31.9 Å². The fourth-order valence-corrected chi connectivity index (χ4v) is 6.22. The number of rotatable bonds is 10. The number of furan rings is 2. The first kappa shape index (κ1) is 36.6. The number of fused-ring (bicyclic) bond motifs is 2. The first-order chi connectivity index (χ1) is 27.4. The van der Waals surface area contributed by atoms with Crippen LogP contribution in [0.1, 0.15) is 37.5 Å². The van der Waals surface area contributed by atoms with Crippen molar-refractivity contribution in [1.29, 1.82) is 0 Å². The number of amides is 1. The van der Waals surface area contributed by atoms with Gasteiger partial charge in [0.15, 0.2) is 34.2 Å². The van der Waals surface area contributed by atoms with Gasteiger partial charge in [-0.3, -0.25) is 5.01 Å². The molecule has 0 spiro atoms. The number of hydrazine groups is 3. The van der Waals surface area contributed by atoms with Crippen LogP contribution in [0, 0.1) is 11.6 Å². The van der Waals surface area contributed by atoms with Gasteiger partial charge in [-0.15, -0.1) is 10.6 Å². The summed E-state index contributed by atoms with van der Waals surface area (Å²) in [6.45, 7) is 4.78. The third-order valence-corrected chi connectivity index (χ3v) is 8.73. The van der Waals surface area contributed by atoms with Gasteiger partial charge < -0.3 is 29.8 Å². The third kappa shape index (κ3) is 7.15. The number of ether oxygens (including phenoxy) is 2. The first-order valence-electron chi connectivity index (χ1n) is 17.4. The van der Waals surface area contributed by atoms with Gasteiger partial charge in [-0.2, -0.15) is 20.1 Å². The molecule has 57 heavy (non-hydrogen) atoms. The van der Waals surface area contributed by atoms with Crippen molar-refractivity contribution in [2.45, 2.75) is 46.0 Å². The second-order valence-electron chi connectivity index (χ2n) is 13.8. The molecule has 0 unspecified atom stereocenters. The largest absolute Gasteiger partial charge is 0.497 e. The molecule has 0 radical (unpaired) electrons. The highest BCUT2D eigenvalue weighted by atomic mass is 19.1. The van der Waals surface area contributed by atoms with Gasteiger partial charge >= 0.3 is 6.09 Å². The Bertz CT molecular complexity index is 2570. The van der Waals surface area contributed by atoms with Gasteiger partial charge in [0, 0.05) is 17.7 Å². The Morgan fingerprint density at radius 3 is 2.18 bits per heavy atom. The maximum atomic E-state index is 15.4. The Hall–Kier alpha value is -7.35. The van der Waals surface area contributed by atoms with E-state index >= 15 is 8.78 Å². The van der Waals surface area contributed by atoms with Crippen molar-refractivity contribution in [2.75, 3.05) is 28.7 Å². The maximum absolute atomic E-state index is 15.4. The molecular weight excluding hydrogens is 744 g/mol. The van der Waals surface area contributed by atoms with E-state index < -0.39 is 29.9 Å². The quantitative estimate of drug-likeness (QED) is 0.153. The molecule has 0 atom stereocenters. The number of benzene rings is 2. The van der Waals surface area contributed by atoms with Crippen LogP contribution in [0.15, 0.2) is 82.0 Å². The second kappa shape index (κ2) is 14.4. The molecule has 6 heterocycles. The lowest BCUT2D eigenvalue weighted by Gasteiger charge is -2.35. The normalized spacial score (nSPS) is 12.7. The molecular formula is C37H35F2N13O5. The van der Waals surface area contributed by atoms with Gasteiger partial charge in [0.25, 0.3) is 0 Å². The molecule has 5 N–H and O–H groups in total. The monoisotopic (exact) mass is 779 g/mol. The van der Waals surface area contributed by atoms with E-state index in [1.807, 2.05) is 24.3 Å². The summed E-state index contributed by atoms with van der Waals surface area (Å²) in [4.78, 5) is 32.0. The Morgan fingerprint density at radius 2 is 1.53 bits per heavy atom. The van der Waals surface area contributed by atoms with Crippen LogP contribution >= 0.6 is 0 Å². The van der Waals surface area contributed by atoms with Gasteiger partial charge in [-0.05, 0) is 56.2 Å². The number of nitrogens with two attached hydrogens (primary N) is 2. The predicted octanol–water partition coefficient (Wildman–Crippen LogP) is 5.63. The molecule has 0 fully saturated rings. The minimum Gasteiger partial charge on any atom is -0.497 e. The number of nitrogens with zero attached hydrogens (tertiary/aromatic N) is 10. The summed E-state index contributed by atoms with van der Waals surface area (Å²) in [5.41, 5.74) is 17.0. The number of methoxy groups -OCH3 is 1. The van der Waals surface area contributed by atoms with Crippen molar-refractivity contribution in [3.8, 4) is 28.7 Å². The van der Waals surface area contributed by atoms with E-state index in [-0.39, 0.29) is 59.3 Å². The molecule has 1 aliphatic rings. The number of carbonyl (C=O) groups is 1. The molecule has 1 aliphatic heterocycles. The van der Waals surface area contributed by atoms with E-state index in [4.69, 9.17) is 29.8 Å². The summed E-state index contributed by atoms with van der Waals surface area (Å²) >= 11 is 0. The van der Waals surface area contributed by atoms with Crippen LogP contribution in [-0.2, 0) is 24.4 Å². The maximum Gasteiger partial charge on any atom is 0.430 e. The number of hydrogen-bond donors (Lipinski definition) is 3. The zero-order valence-electron chi connectivity index (χ0n) is 31.0. The molecule has 18 nitrogen and oxygen atoms in total. The van der Waals surface area contributed by atoms with Crippen LogP contribution in [0.4, 0.5) is 37.0 Å². The topological polar surface area (TPSA) is 218 Å². The highest BCUT2D eigenvalue weighted by molar-refractivity contribution is 5.87. The summed E-state index contributed by atoms with van der Waals surface area (Å²) < 4.78 is 54.6. The highest BCUT2D eigenvalue weighted by Crippen LogP contribution is 2.42. The number of nitrogen functional groups attached to an aromatic ring is 2. The van der Waals surface area contributed by atoms with E-state index in [9.17, 15) is 4.79 Å². The van der Waals surface area contributed by atoms with E-state index in [2.05, 4.69) is 35.8 Å². The fraction of sp³-hybridized carbons (Fsp3) is 0.216. The highest BCUT2D eigenvalue weighted by Gasteiger charge is 2.40. The zero-order chi connectivity index (χ0) is 40.0. The molecule has 0 saturated heterocycles. The molecule has 1 amide bonds. The molecule has 292 valence electrons. The molecule has 20 heteroatoms. The summed E-state index contributed by atoms with van der Waals surface area (Å²) in [5.74, 6) is -1.11. The molecule has 7 aromatic rings. The molecule has 0 saturated carbocycles. The molecule has 0 aliphatic carbocycles. The van der Waals surface area contributed by atoms with Crippen molar-refractivity contribution in [2.24, 2.45) is 0 Å². The Labute approximate surface area is 322 Å². The Kier molecular flexibility index (Phi) is 9.24. The number of aromatic nitrogens is 7. The molecule has 5 aromatic heterocycles. The van der Waals surface area contributed by atoms with E-state index in [1.165, 1.54) is 34.8 Å². The number of anilines is 4. The van der Waals surface area contributed by atoms with Crippen molar-refractivity contribution in [3.05, 3.63) is 102 Å². The number of halogens is 2. The van der Waals surface area contributed by atoms with Crippen LogP contribution in [0.2, 0.25) is 0 Å². The van der Waals surface area contributed by atoms with Gasteiger partial charge in [-0.25, -0.2) is 28.2 Å². The first-order valence-corrected chi connectivity index (χ1v) is 17.4. The minimum atomic E-state index is -0.946. The summed E-state index contributed by atoms with van der Waals surface area (Å²) in [5, 5.41) is 12.6. The van der Waals surface area contributed by atoms with E-state index in [0.29, 0.717) is 33.7 Å². The lowest BCUT2D eigenvalue weighted by molar-refractivity contribution is 0.0182. The van der Waals surface area contributed by atoms with Crippen molar-refractivity contribution in [1.82, 2.24) is 45.5 Å². The average molecular weight is 780 g/mol. The van der Waals surface area contributed by atoms with Crippen molar-refractivity contribution in [3.63, 3.8) is 0 Å². The van der Waals surface area contributed by atoms with Crippen molar-refractivity contribution >= 4 is 40.7 Å². The van der Waals surface area contributed by atoms with Crippen LogP contribution in [0.5, 0.6) is 5.75 Å². The van der Waals surface area contributed by atoms with Gasteiger partial charge in [0.05, 0.1) is 39.3 Å². The third-order valence-electron chi connectivity index (χ3n) is 8.73. The Morgan fingerprint density at radius 1 is 0.877 bits per heavy atom. The van der Waals surface area contributed by atoms with Gasteiger partial charge in [0.1, 0.15) is 34.4 Å². The average Bonchev–Trinajstić information content (AvgIpc) is 4.00. The minimum absolute atomic E-state index is 0.000584. The second-order valence-corrected chi connectivity index (χ2v) is 13.8. The van der Waals surface area contributed by atoms with Crippen LogP contribution in [0.25, 0.3) is 34.1 Å². The molecule has 2 aromatic carbocycles. The van der Waals surface area contributed by atoms with Gasteiger partial charge in [0.2, 0.25) is 11.9 Å². The predicted molar refractivity (Wildman–Crippen MR) is 201 cm³/mol. The summed E-state index contributed by atoms with van der Waals surface area (Å²) in [7, 11) is 1.31. The van der Waals surface area contributed by atoms with E-state index in [1.54, 1.807) is 49.7 Å². The molecule has 0 bridgehead atoms. The Balaban J connectivity index is 1.21. The lowest BCUT2D eigenvalue weighted by atomic mass is 10.1. The summed E-state index contributed by atoms with van der Waals surface area (Å²) in [6, 6.07) is 16.2.